The highest BCUT2D eigenvalue weighted by atomic mass is 16.6. The van der Waals surface area contributed by atoms with E-state index in [4.69, 9.17) is 4.74 Å². The second-order valence-corrected chi connectivity index (χ2v) is 7.39. The van der Waals surface area contributed by atoms with Gasteiger partial charge in [-0.05, 0) is 77.2 Å². The summed E-state index contributed by atoms with van der Waals surface area (Å²) in [5.41, 5.74) is 3.96. The highest BCUT2D eigenvalue weighted by Gasteiger charge is 2.51. The summed E-state index contributed by atoms with van der Waals surface area (Å²) in [5.74, 6) is 0.375. The van der Waals surface area contributed by atoms with Crippen molar-refractivity contribution in [2.24, 2.45) is 5.92 Å². The molecule has 1 aliphatic carbocycles. The van der Waals surface area contributed by atoms with Crippen LogP contribution in [0.2, 0.25) is 0 Å². The minimum absolute atomic E-state index is 0.0414. The predicted molar refractivity (Wildman–Crippen MR) is 92.8 cm³/mol. The van der Waals surface area contributed by atoms with E-state index in [0.29, 0.717) is 12.0 Å². The smallest absolute Gasteiger partial charge is 0.0923 e. The van der Waals surface area contributed by atoms with Gasteiger partial charge in [0.25, 0.3) is 0 Å². The van der Waals surface area contributed by atoms with E-state index in [9.17, 15) is 5.11 Å². The van der Waals surface area contributed by atoms with Crippen LogP contribution in [0.1, 0.15) is 65.7 Å². The minimum atomic E-state index is 0.0414. The molecule has 22 heavy (non-hydrogen) atoms. The number of aliphatic hydroxyl groups is 1. The summed E-state index contributed by atoms with van der Waals surface area (Å²) in [7, 11) is 0. The van der Waals surface area contributed by atoms with Gasteiger partial charge in [-0.15, -0.1) is 0 Å². The number of aliphatic hydroxyl groups excluding tert-OH is 1. The third-order valence-corrected chi connectivity index (χ3v) is 5.37. The summed E-state index contributed by atoms with van der Waals surface area (Å²) in [6.07, 6.45) is 12.8. The van der Waals surface area contributed by atoms with Crippen LogP contribution in [-0.2, 0) is 4.74 Å². The van der Waals surface area contributed by atoms with Gasteiger partial charge in [-0.3, -0.25) is 0 Å². The number of rotatable bonds is 2. The molecule has 0 aromatic carbocycles. The Morgan fingerprint density at radius 3 is 2.68 bits per heavy atom. The van der Waals surface area contributed by atoms with Crippen molar-refractivity contribution in [1.29, 1.82) is 0 Å². The molecule has 0 bridgehead atoms. The first-order chi connectivity index (χ1) is 10.4. The average Bonchev–Trinajstić information content (AvgIpc) is 3.11. The van der Waals surface area contributed by atoms with Crippen molar-refractivity contribution in [1.82, 2.24) is 0 Å². The van der Waals surface area contributed by atoms with Crippen molar-refractivity contribution in [3.8, 4) is 0 Å². The lowest BCUT2D eigenvalue weighted by Crippen LogP contribution is -2.16. The first kappa shape index (κ1) is 17.5. The van der Waals surface area contributed by atoms with Crippen LogP contribution in [-0.4, -0.2) is 23.4 Å². The van der Waals surface area contributed by atoms with Crippen molar-refractivity contribution in [2.75, 3.05) is 6.61 Å². The van der Waals surface area contributed by atoms with E-state index < -0.39 is 0 Å². The molecule has 2 nitrogen and oxygen atoms in total. The number of hydrogen-bond acceptors (Lipinski definition) is 2. The van der Waals surface area contributed by atoms with E-state index in [1.54, 1.807) is 0 Å². The molecule has 0 amide bonds. The first-order valence-electron chi connectivity index (χ1n) is 8.72. The minimum Gasteiger partial charge on any atom is -0.392 e. The summed E-state index contributed by atoms with van der Waals surface area (Å²) in [5, 5.41) is 9.45. The second kappa shape index (κ2) is 7.61. The monoisotopic (exact) mass is 304 g/mol. The third kappa shape index (κ3) is 4.82. The molecule has 0 spiro atoms. The molecule has 0 unspecified atom stereocenters. The van der Waals surface area contributed by atoms with Crippen LogP contribution in [0.25, 0.3) is 0 Å². The number of hydrogen-bond donors (Lipinski definition) is 1. The lowest BCUT2D eigenvalue weighted by molar-refractivity contribution is 0.279. The van der Waals surface area contributed by atoms with E-state index in [-0.39, 0.29) is 12.2 Å². The molecule has 2 heteroatoms. The van der Waals surface area contributed by atoms with Gasteiger partial charge in [0.1, 0.15) is 0 Å². The molecule has 0 aromatic rings. The quantitative estimate of drug-likeness (QED) is 0.578. The van der Waals surface area contributed by atoms with Gasteiger partial charge in [-0.25, -0.2) is 0 Å². The molecule has 1 heterocycles. The number of allylic oxidation sites excluding steroid dienone is 4. The highest BCUT2D eigenvalue weighted by Crippen LogP contribution is 2.45. The Morgan fingerprint density at radius 2 is 1.95 bits per heavy atom. The fourth-order valence-electron chi connectivity index (χ4n) is 3.44. The van der Waals surface area contributed by atoms with Crippen LogP contribution < -0.4 is 0 Å². The summed E-state index contributed by atoms with van der Waals surface area (Å²) >= 11 is 0. The summed E-state index contributed by atoms with van der Waals surface area (Å²) in [6.45, 7) is 10.9. The molecule has 1 aliphatic heterocycles. The van der Waals surface area contributed by atoms with E-state index in [1.807, 2.05) is 0 Å². The Bertz CT molecular complexity index is 460. The SMILES string of the molecule is C=C(CO)[C@H]1CC/C(C)=C/CC/C(C)=C/CC[C@@]2(C)O[C@@H]2C1. The van der Waals surface area contributed by atoms with Crippen molar-refractivity contribution in [3.63, 3.8) is 0 Å². The molecule has 3 atom stereocenters. The van der Waals surface area contributed by atoms with E-state index in [1.165, 1.54) is 11.1 Å². The van der Waals surface area contributed by atoms with Crippen LogP contribution in [0, 0.1) is 5.92 Å². The van der Waals surface area contributed by atoms with Crippen LogP contribution in [0.4, 0.5) is 0 Å². The van der Waals surface area contributed by atoms with Crippen molar-refractivity contribution in [3.05, 3.63) is 35.5 Å². The lowest BCUT2D eigenvalue weighted by Gasteiger charge is -2.18. The zero-order chi connectivity index (χ0) is 16.2. The van der Waals surface area contributed by atoms with Crippen molar-refractivity contribution >= 4 is 0 Å². The molecule has 2 rings (SSSR count). The van der Waals surface area contributed by atoms with E-state index >= 15 is 0 Å². The number of epoxide rings is 1. The van der Waals surface area contributed by atoms with Gasteiger partial charge in [0.15, 0.2) is 0 Å². The highest BCUT2D eigenvalue weighted by molar-refractivity contribution is 5.11. The molecular formula is C20H32O2. The number of fused-ring (bicyclic) bond motifs is 1. The van der Waals surface area contributed by atoms with Gasteiger partial charge in [0.05, 0.1) is 18.3 Å². The fraction of sp³-hybridized carbons (Fsp3) is 0.700. The van der Waals surface area contributed by atoms with Crippen LogP contribution >= 0.6 is 0 Å². The largest absolute Gasteiger partial charge is 0.392 e. The van der Waals surface area contributed by atoms with Gasteiger partial charge < -0.3 is 9.84 Å². The topological polar surface area (TPSA) is 32.8 Å². The van der Waals surface area contributed by atoms with Crippen molar-refractivity contribution in [2.45, 2.75) is 77.4 Å². The Labute approximate surface area is 136 Å². The molecule has 0 saturated carbocycles. The van der Waals surface area contributed by atoms with Gasteiger partial charge in [-0.1, -0.05) is 29.9 Å². The van der Waals surface area contributed by atoms with Crippen molar-refractivity contribution < 1.29 is 9.84 Å². The summed E-state index contributed by atoms with van der Waals surface area (Å²) in [4.78, 5) is 0. The molecule has 1 N–H and O–H groups in total. The van der Waals surface area contributed by atoms with Gasteiger partial charge in [0.2, 0.25) is 0 Å². The average molecular weight is 304 g/mol. The number of ether oxygens (including phenoxy) is 1. The van der Waals surface area contributed by atoms with E-state index in [0.717, 1.165) is 50.5 Å². The summed E-state index contributed by atoms with van der Waals surface area (Å²) < 4.78 is 6.00. The third-order valence-electron chi connectivity index (χ3n) is 5.37. The molecular weight excluding hydrogens is 272 g/mol. The van der Waals surface area contributed by atoms with E-state index in [2.05, 4.69) is 39.5 Å². The van der Waals surface area contributed by atoms with Gasteiger partial charge >= 0.3 is 0 Å². The maximum atomic E-state index is 9.45. The summed E-state index contributed by atoms with van der Waals surface area (Å²) in [6, 6.07) is 0. The molecule has 0 aromatic heterocycles. The Morgan fingerprint density at radius 1 is 1.27 bits per heavy atom. The van der Waals surface area contributed by atoms with Gasteiger partial charge in [0, 0.05) is 0 Å². The maximum absolute atomic E-state index is 9.45. The lowest BCUT2D eigenvalue weighted by atomic mass is 9.85. The molecule has 1 fully saturated rings. The second-order valence-electron chi connectivity index (χ2n) is 7.39. The molecule has 0 radical (unpaired) electrons. The predicted octanol–water partition coefficient (Wildman–Crippen LogP) is 4.95. The van der Waals surface area contributed by atoms with Crippen LogP contribution in [0.15, 0.2) is 35.5 Å². The fourth-order valence-corrected chi connectivity index (χ4v) is 3.44. The van der Waals surface area contributed by atoms with Gasteiger partial charge in [-0.2, -0.15) is 0 Å². The first-order valence-corrected chi connectivity index (χ1v) is 8.72. The Balaban J connectivity index is 2.06. The Kier molecular flexibility index (Phi) is 6.05. The molecule has 2 aliphatic rings. The zero-order valence-corrected chi connectivity index (χ0v) is 14.5. The molecule has 1 saturated heterocycles. The molecule has 124 valence electrons. The zero-order valence-electron chi connectivity index (χ0n) is 14.5. The van der Waals surface area contributed by atoms with Crippen LogP contribution in [0.3, 0.4) is 0 Å². The maximum Gasteiger partial charge on any atom is 0.0923 e. The standard InChI is InChI=1S/C20H32O2/c1-15-7-5-8-16(2)10-11-18(17(3)14-21)13-19-20(4,22-19)12-6-9-15/h8-9,18-19,21H,3,5-7,10-14H2,1-2,4H3/b15-9+,16-8+/t18-,19+,20+/m0/s1. The Hall–Kier alpha value is -0.860. The normalized spacial score (nSPS) is 38.7. The van der Waals surface area contributed by atoms with Crippen LogP contribution in [0.5, 0.6) is 0 Å².